The van der Waals surface area contributed by atoms with Crippen LogP contribution in [0.25, 0.3) is 10.9 Å². The van der Waals surface area contributed by atoms with Crippen LogP contribution in [0.5, 0.6) is 5.75 Å². The summed E-state index contributed by atoms with van der Waals surface area (Å²) in [7, 11) is -2.71. The molecule has 1 aromatic heterocycles. The summed E-state index contributed by atoms with van der Waals surface area (Å²) in [6.45, 7) is 4.90. The fourth-order valence-electron chi connectivity index (χ4n) is 3.66. The highest BCUT2D eigenvalue weighted by Gasteiger charge is 2.21. The molecule has 2 N–H and O–H groups in total. The van der Waals surface area contributed by atoms with Crippen LogP contribution in [0.3, 0.4) is 0 Å². The Morgan fingerprint density at radius 1 is 1.20 bits per heavy atom. The summed E-state index contributed by atoms with van der Waals surface area (Å²) < 4.78 is 25.3. The third kappa shape index (κ3) is 5.07. The van der Waals surface area contributed by atoms with Gasteiger partial charge >= 0.3 is 8.25 Å². The fourth-order valence-corrected chi connectivity index (χ4v) is 4.65. The van der Waals surface area contributed by atoms with Gasteiger partial charge in [-0.1, -0.05) is 43.6 Å². The Hall–Kier alpha value is -2.27. The van der Waals surface area contributed by atoms with E-state index in [4.69, 9.17) is 26.4 Å². The zero-order valence-electron chi connectivity index (χ0n) is 17.1. The smallest absolute Gasteiger partial charge is 0.367 e. The molecule has 0 spiro atoms. The molecular formula is C22H26ClN2O4P. The van der Waals surface area contributed by atoms with Gasteiger partial charge in [0.05, 0.1) is 18.5 Å². The standard InChI is InChI=1S/C22H26ClN2O4P/c1-3-11-28-30(27)29-20-10-6-9-19-22(20)17(13-21(24)26)18(4-2)25(19)14-15-7-5-8-16(23)12-15/h5-10,12,30H,3-4,11,13-14H2,1-2H3,(H2,24,26). The van der Waals surface area contributed by atoms with Gasteiger partial charge in [0.1, 0.15) is 5.75 Å². The molecule has 160 valence electrons. The van der Waals surface area contributed by atoms with E-state index in [0.717, 1.165) is 34.1 Å². The summed E-state index contributed by atoms with van der Waals surface area (Å²) in [6.07, 6.45) is 1.51. The molecule has 1 amide bonds. The molecule has 1 atom stereocenters. The zero-order valence-corrected chi connectivity index (χ0v) is 18.9. The maximum atomic E-state index is 12.3. The van der Waals surface area contributed by atoms with Gasteiger partial charge in [-0.25, -0.2) is 4.57 Å². The van der Waals surface area contributed by atoms with Crippen molar-refractivity contribution in [3.8, 4) is 5.75 Å². The average molecular weight is 449 g/mol. The van der Waals surface area contributed by atoms with Crippen molar-refractivity contribution in [1.29, 1.82) is 0 Å². The topological polar surface area (TPSA) is 83.6 Å². The SMILES string of the molecule is CCCO[PH](=O)Oc1cccc2c1c(CC(N)=O)c(CC)n2Cc1cccc(Cl)c1. The van der Waals surface area contributed by atoms with Crippen molar-refractivity contribution in [2.45, 2.75) is 39.7 Å². The number of carbonyl (C=O) groups is 1. The van der Waals surface area contributed by atoms with Gasteiger partial charge in [0.25, 0.3) is 0 Å². The van der Waals surface area contributed by atoms with Gasteiger partial charge in [0.15, 0.2) is 0 Å². The molecule has 0 saturated carbocycles. The van der Waals surface area contributed by atoms with Gasteiger partial charge in [-0.2, -0.15) is 0 Å². The van der Waals surface area contributed by atoms with Crippen molar-refractivity contribution in [2.75, 3.05) is 6.61 Å². The predicted octanol–water partition coefficient (Wildman–Crippen LogP) is 5.13. The quantitative estimate of drug-likeness (QED) is 0.436. The van der Waals surface area contributed by atoms with Crippen LogP contribution in [-0.2, 0) is 33.3 Å². The summed E-state index contributed by atoms with van der Waals surface area (Å²) >= 11 is 6.17. The number of hydrogen-bond acceptors (Lipinski definition) is 4. The monoisotopic (exact) mass is 448 g/mol. The van der Waals surface area contributed by atoms with E-state index in [2.05, 4.69) is 4.57 Å². The summed E-state index contributed by atoms with van der Waals surface area (Å²) in [6, 6.07) is 13.2. The number of nitrogens with two attached hydrogens (primary N) is 1. The first-order chi connectivity index (χ1) is 14.4. The minimum Gasteiger partial charge on any atom is -0.425 e. The highest BCUT2D eigenvalue weighted by molar-refractivity contribution is 7.33. The van der Waals surface area contributed by atoms with Crippen LogP contribution in [0.2, 0.25) is 5.02 Å². The minimum absolute atomic E-state index is 0.0688. The van der Waals surface area contributed by atoms with E-state index in [9.17, 15) is 9.36 Å². The average Bonchev–Trinajstić information content (AvgIpc) is 2.99. The molecule has 0 aliphatic carbocycles. The van der Waals surface area contributed by atoms with Crippen LogP contribution < -0.4 is 10.3 Å². The van der Waals surface area contributed by atoms with Crippen molar-refractivity contribution >= 4 is 36.7 Å². The van der Waals surface area contributed by atoms with Gasteiger partial charge in [0, 0.05) is 22.6 Å². The molecule has 1 unspecified atom stereocenters. The van der Waals surface area contributed by atoms with Crippen LogP contribution >= 0.6 is 19.9 Å². The van der Waals surface area contributed by atoms with E-state index in [1.807, 2.05) is 50.2 Å². The Labute approximate surface area is 181 Å². The molecule has 0 aliphatic rings. The van der Waals surface area contributed by atoms with E-state index in [-0.39, 0.29) is 6.42 Å². The van der Waals surface area contributed by atoms with E-state index in [1.54, 1.807) is 6.07 Å². The maximum absolute atomic E-state index is 12.3. The second-order valence-corrected chi connectivity index (χ2v) is 8.42. The molecule has 30 heavy (non-hydrogen) atoms. The lowest BCUT2D eigenvalue weighted by atomic mass is 10.1. The van der Waals surface area contributed by atoms with Crippen LogP contribution in [0, 0.1) is 0 Å². The number of fused-ring (bicyclic) bond motifs is 1. The van der Waals surface area contributed by atoms with Crippen LogP contribution in [0.1, 0.15) is 37.1 Å². The third-order valence-corrected chi connectivity index (χ3v) is 5.87. The van der Waals surface area contributed by atoms with Gasteiger partial charge in [-0.15, -0.1) is 0 Å². The Bertz CT molecular complexity index is 1080. The third-order valence-electron chi connectivity index (χ3n) is 4.80. The van der Waals surface area contributed by atoms with Crippen LogP contribution in [-0.4, -0.2) is 17.1 Å². The summed E-state index contributed by atoms with van der Waals surface area (Å²) in [5.74, 6) is -0.000481. The number of hydrogen-bond donors (Lipinski definition) is 1. The van der Waals surface area contributed by atoms with Crippen LogP contribution in [0.15, 0.2) is 42.5 Å². The van der Waals surface area contributed by atoms with E-state index >= 15 is 0 Å². The molecule has 0 bridgehead atoms. The Balaban J connectivity index is 2.15. The number of amides is 1. The molecule has 0 fully saturated rings. The molecule has 1 heterocycles. The molecule has 2 aromatic carbocycles. The summed E-state index contributed by atoms with van der Waals surface area (Å²) in [5, 5.41) is 1.41. The van der Waals surface area contributed by atoms with Crippen molar-refractivity contribution < 1.29 is 18.4 Å². The van der Waals surface area contributed by atoms with Gasteiger partial charge in [-0.05, 0) is 48.2 Å². The first-order valence-corrected chi connectivity index (χ1v) is 11.5. The van der Waals surface area contributed by atoms with E-state index < -0.39 is 14.2 Å². The fraction of sp³-hybridized carbons (Fsp3) is 0.318. The molecule has 0 saturated heterocycles. The van der Waals surface area contributed by atoms with Crippen LogP contribution in [0.4, 0.5) is 0 Å². The largest absolute Gasteiger partial charge is 0.425 e. The van der Waals surface area contributed by atoms with E-state index in [1.165, 1.54) is 0 Å². The first-order valence-electron chi connectivity index (χ1n) is 9.94. The number of benzene rings is 2. The van der Waals surface area contributed by atoms with Gasteiger partial charge in [0.2, 0.25) is 5.91 Å². The lowest BCUT2D eigenvalue weighted by Gasteiger charge is -2.11. The normalized spacial score (nSPS) is 12.2. The minimum atomic E-state index is -2.71. The molecule has 6 nitrogen and oxygen atoms in total. The number of primary amides is 1. The predicted molar refractivity (Wildman–Crippen MR) is 121 cm³/mol. The Morgan fingerprint density at radius 2 is 1.97 bits per heavy atom. The first kappa shape index (κ1) is 22.4. The van der Waals surface area contributed by atoms with Gasteiger partial charge < -0.3 is 19.3 Å². The van der Waals surface area contributed by atoms with Gasteiger partial charge in [-0.3, -0.25) is 4.79 Å². The lowest BCUT2D eigenvalue weighted by Crippen LogP contribution is -2.15. The highest BCUT2D eigenvalue weighted by atomic mass is 35.5. The van der Waals surface area contributed by atoms with Crippen molar-refractivity contribution in [3.63, 3.8) is 0 Å². The maximum Gasteiger partial charge on any atom is 0.367 e. The molecule has 0 radical (unpaired) electrons. The Kier molecular flexibility index (Phi) is 7.59. The summed E-state index contributed by atoms with van der Waals surface area (Å²) in [5.41, 5.74) is 9.24. The van der Waals surface area contributed by atoms with Crippen molar-refractivity contribution in [3.05, 3.63) is 64.3 Å². The number of carbonyl (C=O) groups excluding carboxylic acids is 1. The molecule has 8 heteroatoms. The molecule has 0 aliphatic heterocycles. The Morgan fingerprint density at radius 3 is 2.63 bits per heavy atom. The molecule has 3 aromatic rings. The second-order valence-electron chi connectivity index (χ2n) is 6.99. The van der Waals surface area contributed by atoms with E-state index in [0.29, 0.717) is 30.3 Å². The number of nitrogens with zero attached hydrogens (tertiary/aromatic N) is 1. The number of halogens is 1. The van der Waals surface area contributed by atoms with Crippen molar-refractivity contribution in [1.82, 2.24) is 4.57 Å². The number of aromatic nitrogens is 1. The second kappa shape index (κ2) is 10.2. The lowest BCUT2D eigenvalue weighted by molar-refractivity contribution is -0.117. The van der Waals surface area contributed by atoms with Crippen molar-refractivity contribution in [2.24, 2.45) is 5.73 Å². The molecular weight excluding hydrogens is 423 g/mol. The summed E-state index contributed by atoms with van der Waals surface area (Å²) in [4.78, 5) is 11.8. The zero-order chi connectivity index (χ0) is 21.7. The molecule has 3 rings (SSSR count). The number of rotatable bonds is 10. The highest BCUT2D eigenvalue weighted by Crippen LogP contribution is 2.39.